The van der Waals surface area contributed by atoms with E-state index in [0.717, 1.165) is 12.0 Å². The van der Waals surface area contributed by atoms with Crippen LogP contribution in [0.4, 0.5) is 0 Å². The van der Waals surface area contributed by atoms with Gasteiger partial charge in [0.25, 0.3) is 0 Å². The molecule has 0 heterocycles. The van der Waals surface area contributed by atoms with E-state index in [9.17, 15) is 4.79 Å². The van der Waals surface area contributed by atoms with Crippen molar-refractivity contribution in [1.82, 2.24) is 0 Å². The first-order valence-corrected chi connectivity index (χ1v) is 5.45. The maximum absolute atomic E-state index is 11.6. The normalized spacial score (nSPS) is 13.6. The highest BCUT2D eigenvalue weighted by Crippen LogP contribution is 2.31. The summed E-state index contributed by atoms with van der Waals surface area (Å²) in [7, 11) is 0. The van der Waals surface area contributed by atoms with Crippen LogP contribution in [0.2, 0.25) is 0 Å². The number of carbonyl (C=O) groups excluding carboxylic acids is 1. The summed E-state index contributed by atoms with van der Waals surface area (Å²) in [5.74, 6) is 0.308. The third kappa shape index (κ3) is 3.86. The van der Waals surface area contributed by atoms with Crippen molar-refractivity contribution >= 4 is 5.78 Å². The van der Waals surface area contributed by atoms with E-state index in [1.54, 1.807) is 6.92 Å². The van der Waals surface area contributed by atoms with Gasteiger partial charge in [-0.3, -0.25) is 4.79 Å². The molecular formula is C14H20O. The van der Waals surface area contributed by atoms with Crippen LogP contribution in [0.25, 0.3) is 0 Å². The Morgan fingerprint density at radius 2 is 1.73 bits per heavy atom. The van der Waals surface area contributed by atoms with Crippen LogP contribution in [0.5, 0.6) is 0 Å². The molecule has 15 heavy (non-hydrogen) atoms. The first-order chi connectivity index (χ1) is 6.90. The van der Waals surface area contributed by atoms with Gasteiger partial charge in [-0.15, -0.1) is 0 Å². The fourth-order valence-corrected chi connectivity index (χ4v) is 1.79. The summed E-state index contributed by atoms with van der Waals surface area (Å²) >= 11 is 0. The Hall–Kier alpha value is -1.11. The van der Waals surface area contributed by atoms with Crippen molar-refractivity contribution in [3.05, 3.63) is 35.9 Å². The Balaban J connectivity index is 2.90. The van der Waals surface area contributed by atoms with Crippen LogP contribution in [0.1, 0.15) is 45.6 Å². The van der Waals surface area contributed by atoms with E-state index in [1.807, 2.05) is 30.3 Å². The van der Waals surface area contributed by atoms with Crippen LogP contribution in [-0.2, 0) is 4.79 Å². The van der Waals surface area contributed by atoms with E-state index < -0.39 is 0 Å². The van der Waals surface area contributed by atoms with Crippen molar-refractivity contribution in [3.8, 4) is 0 Å². The molecule has 1 aromatic carbocycles. The van der Waals surface area contributed by atoms with Crippen LogP contribution in [0.3, 0.4) is 0 Å². The first kappa shape index (κ1) is 12.0. The lowest BCUT2D eigenvalue weighted by atomic mass is 9.80. The molecule has 0 aliphatic heterocycles. The number of ketones is 1. The fraction of sp³-hybridized carbons (Fsp3) is 0.500. The molecule has 0 radical (unpaired) electrons. The minimum atomic E-state index is 0.0474. The van der Waals surface area contributed by atoms with Gasteiger partial charge in [-0.05, 0) is 24.3 Å². The van der Waals surface area contributed by atoms with Crippen molar-refractivity contribution in [2.24, 2.45) is 5.41 Å². The highest BCUT2D eigenvalue weighted by atomic mass is 16.1. The molecule has 0 fully saturated rings. The molecule has 0 saturated carbocycles. The third-order valence-electron chi connectivity index (χ3n) is 2.51. The van der Waals surface area contributed by atoms with Gasteiger partial charge in [-0.25, -0.2) is 0 Å². The number of rotatable bonds is 3. The van der Waals surface area contributed by atoms with Crippen molar-refractivity contribution < 1.29 is 4.79 Å². The molecular weight excluding hydrogens is 184 g/mol. The monoisotopic (exact) mass is 204 g/mol. The summed E-state index contributed by atoms with van der Waals surface area (Å²) in [6, 6.07) is 10.1. The van der Waals surface area contributed by atoms with Gasteiger partial charge < -0.3 is 0 Å². The van der Waals surface area contributed by atoms with E-state index in [1.165, 1.54) is 0 Å². The van der Waals surface area contributed by atoms with Gasteiger partial charge in [-0.1, -0.05) is 51.1 Å². The molecule has 0 aliphatic carbocycles. The molecule has 0 aromatic heterocycles. The average molecular weight is 204 g/mol. The number of hydrogen-bond donors (Lipinski definition) is 0. The van der Waals surface area contributed by atoms with Crippen molar-refractivity contribution in [2.75, 3.05) is 0 Å². The molecule has 0 amide bonds. The van der Waals surface area contributed by atoms with Crippen LogP contribution in [-0.4, -0.2) is 5.78 Å². The number of carbonyl (C=O) groups is 1. The molecule has 1 nitrogen and oxygen atoms in total. The predicted molar refractivity (Wildman–Crippen MR) is 63.9 cm³/mol. The highest BCUT2D eigenvalue weighted by molar-refractivity contribution is 5.83. The lowest BCUT2D eigenvalue weighted by Crippen LogP contribution is -2.17. The summed E-state index contributed by atoms with van der Waals surface area (Å²) in [6.45, 7) is 8.20. The van der Waals surface area contributed by atoms with Gasteiger partial charge in [-0.2, -0.15) is 0 Å². The summed E-state index contributed by atoms with van der Waals surface area (Å²) in [5, 5.41) is 0. The SMILES string of the molecule is CC(=O)[C@@H](CC(C)(C)C)c1ccccc1. The molecule has 0 spiro atoms. The second kappa shape index (κ2) is 4.61. The van der Waals surface area contributed by atoms with Gasteiger partial charge in [0, 0.05) is 5.92 Å². The minimum Gasteiger partial charge on any atom is -0.299 e. The van der Waals surface area contributed by atoms with Crippen LogP contribution in [0, 0.1) is 5.41 Å². The van der Waals surface area contributed by atoms with Crippen molar-refractivity contribution in [3.63, 3.8) is 0 Å². The second-order valence-electron chi connectivity index (χ2n) is 5.34. The van der Waals surface area contributed by atoms with E-state index >= 15 is 0 Å². The molecule has 82 valence electrons. The van der Waals surface area contributed by atoms with E-state index in [-0.39, 0.29) is 17.1 Å². The van der Waals surface area contributed by atoms with Gasteiger partial charge in [0.05, 0.1) is 0 Å². The lowest BCUT2D eigenvalue weighted by molar-refractivity contribution is -0.119. The minimum absolute atomic E-state index is 0.0474. The molecule has 0 aliphatic rings. The lowest BCUT2D eigenvalue weighted by Gasteiger charge is -2.24. The van der Waals surface area contributed by atoms with Crippen LogP contribution < -0.4 is 0 Å². The Kier molecular flexibility index (Phi) is 3.67. The summed E-state index contributed by atoms with van der Waals surface area (Å²) in [4.78, 5) is 11.6. The molecule has 0 bridgehead atoms. The van der Waals surface area contributed by atoms with Gasteiger partial charge in [0.1, 0.15) is 5.78 Å². The predicted octanol–water partition coefficient (Wildman–Crippen LogP) is 3.80. The van der Waals surface area contributed by atoms with Crippen LogP contribution in [0.15, 0.2) is 30.3 Å². The van der Waals surface area contributed by atoms with E-state index in [2.05, 4.69) is 20.8 Å². The molecule has 1 rings (SSSR count). The summed E-state index contributed by atoms with van der Waals surface area (Å²) < 4.78 is 0. The molecule has 0 saturated heterocycles. The van der Waals surface area contributed by atoms with Gasteiger partial charge in [0.15, 0.2) is 0 Å². The average Bonchev–Trinajstić information content (AvgIpc) is 2.14. The Morgan fingerprint density at radius 3 is 2.13 bits per heavy atom. The number of hydrogen-bond acceptors (Lipinski definition) is 1. The maximum Gasteiger partial charge on any atom is 0.137 e. The first-order valence-electron chi connectivity index (χ1n) is 5.45. The topological polar surface area (TPSA) is 17.1 Å². The molecule has 0 N–H and O–H groups in total. The quantitative estimate of drug-likeness (QED) is 0.732. The zero-order chi connectivity index (χ0) is 11.5. The van der Waals surface area contributed by atoms with Gasteiger partial charge >= 0.3 is 0 Å². The maximum atomic E-state index is 11.6. The van der Waals surface area contributed by atoms with Crippen LogP contribution >= 0.6 is 0 Å². The van der Waals surface area contributed by atoms with Gasteiger partial charge in [0.2, 0.25) is 0 Å². The zero-order valence-corrected chi connectivity index (χ0v) is 10.1. The number of Topliss-reactive ketones (excluding diaryl/α,β-unsaturated/α-hetero) is 1. The number of benzene rings is 1. The zero-order valence-electron chi connectivity index (χ0n) is 10.1. The molecule has 0 unspecified atom stereocenters. The summed E-state index contributed by atoms with van der Waals surface area (Å²) in [5.41, 5.74) is 1.33. The van der Waals surface area contributed by atoms with E-state index in [4.69, 9.17) is 0 Å². The van der Waals surface area contributed by atoms with Crippen molar-refractivity contribution in [1.29, 1.82) is 0 Å². The standard InChI is InChI=1S/C14H20O/c1-11(15)13(10-14(2,3)4)12-8-6-5-7-9-12/h5-9,13H,10H2,1-4H3/t13-/m1/s1. The molecule has 1 heteroatoms. The second-order valence-corrected chi connectivity index (χ2v) is 5.34. The summed E-state index contributed by atoms with van der Waals surface area (Å²) in [6.07, 6.45) is 0.909. The fourth-order valence-electron chi connectivity index (χ4n) is 1.79. The highest BCUT2D eigenvalue weighted by Gasteiger charge is 2.23. The third-order valence-corrected chi connectivity index (χ3v) is 2.51. The van der Waals surface area contributed by atoms with Crippen molar-refractivity contribution in [2.45, 2.75) is 40.0 Å². The Morgan fingerprint density at radius 1 is 1.20 bits per heavy atom. The van der Waals surface area contributed by atoms with E-state index in [0.29, 0.717) is 0 Å². The molecule has 1 aromatic rings. The smallest absolute Gasteiger partial charge is 0.137 e. The Bertz CT molecular complexity index is 319. The molecule has 1 atom stereocenters. The Labute approximate surface area is 92.5 Å². The largest absolute Gasteiger partial charge is 0.299 e.